The van der Waals surface area contributed by atoms with Gasteiger partial charge >= 0.3 is 0 Å². The van der Waals surface area contributed by atoms with E-state index >= 15 is 0 Å². The van der Waals surface area contributed by atoms with Crippen LogP contribution in [0.3, 0.4) is 0 Å². The number of halogens is 1. The third-order valence-electron chi connectivity index (χ3n) is 2.67. The van der Waals surface area contributed by atoms with Crippen molar-refractivity contribution in [3.8, 4) is 5.75 Å². The van der Waals surface area contributed by atoms with Crippen molar-refractivity contribution >= 4 is 15.9 Å². The van der Waals surface area contributed by atoms with Crippen molar-refractivity contribution in [3.63, 3.8) is 0 Å². The Morgan fingerprint density at radius 3 is 2.79 bits per heavy atom. The summed E-state index contributed by atoms with van der Waals surface area (Å²) in [6.45, 7) is 2.34. The van der Waals surface area contributed by atoms with Crippen LogP contribution in [-0.2, 0) is 13.0 Å². The molecule has 0 amide bonds. The predicted molar refractivity (Wildman–Crippen MR) is 75.0 cm³/mol. The molecule has 1 heterocycles. The second-order valence-electron chi connectivity index (χ2n) is 4.24. The van der Waals surface area contributed by atoms with Crippen molar-refractivity contribution in [2.75, 3.05) is 7.05 Å². The van der Waals surface area contributed by atoms with E-state index in [1.807, 2.05) is 31.3 Å². The summed E-state index contributed by atoms with van der Waals surface area (Å²) in [4.78, 5) is 4.28. The largest absolute Gasteiger partial charge is 0.484 e. The van der Waals surface area contributed by atoms with E-state index in [4.69, 9.17) is 9.26 Å². The Hall–Kier alpha value is -1.40. The van der Waals surface area contributed by atoms with E-state index in [9.17, 15) is 0 Å². The monoisotopic (exact) mass is 325 g/mol. The molecule has 2 aromatic rings. The summed E-state index contributed by atoms with van der Waals surface area (Å²) in [6, 6.07) is 7.92. The van der Waals surface area contributed by atoms with Gasteiger partial charge in [-0.3, -0.25) is 0 Å². The highest BCUT2D eigenvalue weighted by Crippen LogP contribution is 2.17. The summed E-state index contributed by atoms with van der Waals surface area (Å²) in [7, 11) is 1.91. The number of benzene rings is 1. The molecule has 102 valence electrons. The maximum atomic E-state index is 5.56. The molecule has 0 aliphatic rings. The Bertz CT molecular complexity index is 513. The van der Waals surface area contributed by atoms with Crippen molar-refractivity contribution < 1.29 is 9.26 Å². The zero-order chi connectivity index (χ0) is 13.7. The van der Waals surface area contributed by atoms with Crippen LogP contribution in [0, 0.1) is 0 Å². The van der Waals surface area contributed by atoms with Crippen LogP contribution in [0.4, 0.5) is 0 Å². The molecular formula is C13H16BrN3O2. The number of ether oxygens (including phenoxy) is 1. The summed E-state index contributed by atoms with van der Waals surface area (Å²) in [6.07, 6.45) is 0.734. The van der Waals surface area contributed by atoms with E-state index in [-0.39, 0.29) is 6.61 Å². The van der Waals surface area contributed by atoms with Gasteiger partial charge in [-0.05, 0) is 38.2 Å². The minimum absolute atomic E-state index is 0.280. The summed E-state index contributed by atoms with van der Waals surface area (Å²) in [5.74, 6) is 1.95. The fourth-order valence-corrected chi connectivity index (χ4v) is 1.75. The number of nitrogens with one attached hydrogen (secondary N) is 1. The predicted octanol–water partition coefficient (Wildman–Crippen LogP) is 2.56. The standard InChI is InChI=1S/C13H16BrN3O2/c1-9(15-2)7-12-16-13(19-17-12)8-18-11-5-3-10(14)4-6-11/h3-6,9,15H,7-8H2,1-2H3. The molecule has 0 spiro atoms. The van der Waals surface area contributed by atoms with Crippen LogP contribution in [0.25, 0.3) is 0 Å². The van der Waals surface area contributed by atoms with Crippen molar-refractivity contribution in [2.45, 2.75) is 26.0 Å². The highest BCUT2D eigenvalue weighted by atomic mass is 79.9. The molecule has 0 saturated heterocycles. The summed E-state index contributed by atoms with van der Waals surface area (Å²) in [5, 5.41) is 7.05. The van der Waals surface area contributed by atoms with Gasteiger partial charge in [0.15, 0.2) is 12.4 Å². The molecular weight excluding hydrogens is 310 g/mol. The normalized spacial score (nSPS) is 12.4. The molecule has 1 atom stereocenters. The molecule has 0 fully saturated rings. The van der Waals surface area contributed by atoms with E-state index < -0.39 is 0 Å². The van der Waals surface area contributed by atoms with Gasteiger partial charge in [0.25, 0.3) is 5.89 Å². The number of rotatable bonds is 6. The van der Waals surface area contributed by atoms with Crippen molar-refractivity contribution in [3.05, 3.63) is 40.5 Å². The molecule has 2 rings (SSSR count). The molecule has 0 radical (unpaired) electrons. The first-order valence-corrected chi connectivity index (χ1v) is 6.84. The molecule has 1 unspecified atom stereocenters. The summed E-state index contributed by atoms with van der Waals surface area (Å²) >= 11 is 3.37. The number of nitrogens with zero attached hydrogens (tertiary/aromatic N) is 2. The van der Waals surface area contributed by atoms with Crippen LogP contribution in [0.2, 0.25) is 0 Å². The van der Waals surface area contributed by atoms with E-state index in [0.29, 0.717) is 17.8 Å². The summed E-state index contributed by atoms with van der Waals surface area (Å²) < 4.78 is 11.7. The van der Waals surface area contributed by atoms with Crippen LogP contribution < -0.4 is 10.1 Å². The van der Waals surface area contributed by atoms with Crippen LogP contribution in [0.1, 0.15) is 18.6 Å². The van der Waals surface area contributed by atoms with Gasteiger partial charge in [0.1, 0.15) is 5.75 Å². The van der Waals surface area contributed by atoms with Gasteiger partial charge < -0.3 is 14.6 Å². The molecule has 1 N–H and O–H groups in total. The zero-order valence-electron chi connectivity index (χ0n) is 10.9. The highest BCUT2D eigenvalue weighted by Gasteiger charge is 2.09. The first-order chi connectivity index (χ1) is 9.17. The molecule has 5 nitrogen and oxygen atoms in total. The molecule has 19 heavy (non-hydrogen) atoms. The molecule has 0 saturated carbocycles. The minimum Gasteiger partial charge on any atom is -0.484 e. The van der Waals surface area contributed by atoms with Gasteiger partial charge in [0.05, 0.1) is 0 Å². The fraction of sp³-hybridized carbons (Fsp3) is 0.385. The molecule has 1 aromatic heterocycles. The average Bonchev–Trinajstić information content (AvgIpc) is 2.85. The van der Waals surface area contributed by atoms with Crippen LogP contribution in [0.5, 0.6) is 5.75 Å². The number of aromatic nitrogens is 2. The van der Waals surface area contributed by atoms with Gasteiger partial charge in [-0.15, -0.1) is 0 Å². The SMILES string of the molecule is CNC(C)Cc1noc(COc2ccc(Br)cc2)n1. The van der Waals surface area contributed by atoms with E-state index in [1.165, 1.54) is 0 Å². The first kappa shape index (κ1) is 14.0. The van der Waals surface area contributed by atoms with E-state index in [0.717, 1.165) is 16.6 Å². The molecule has 0 aliphatic heterocycles. The van der Waals surface area contributed by atoms with E-state index in [2.05, 4.69) is 38.3 Å². The lowest BCUT2D eigenvalue weighted by molar-refractivity contribution is 0.242. The first-order valence-electron chi connectivity index (χ1n) is 6.04. The topological polar surface area (TPSA) is 60.2 Å². The van der Waals surface area contributed by atoms with Gasteiger partial charge in [0, 0.05) is 16.9 Å². The lowest BCUT2D eigenvalue weighted by Gasteiger charge is -2.04. The van der Waals surface area contributed by atoms with Crippen molar-refractivity contribution in [1.82, 2.24) is 15.5 Å². The number of hydrogen-bond donors (Lipinski definition) is 1. The third kappa shape index (κ3) is 4.33. The molecule has 0 bridgehead atoms. The Morgan fingerprint density at radius 2 is 2.11 bits per heavy atom. The summed E-state index contributed by atoms with van der Waals surface area (Å²) in [5.41, 5.74) is 0. The Labute approximate surface area is 120 Å². The van der Waals surface area contributed by atoms with E-state index in [1.54, 1.807) is 0 Å². The highest BCUT2D eigenvalue weighted by molar-refractivity contribution is 9.10. The van der Waals surface area contributed by atoms with Crippen LogP contribution in [0.15, 0.2) is 33.3 Å². The lowest BCUT2D eigenvalue weighted by Crippen LogP contribution is -2.24. The Morgan fingerprint density at radius 1 is 1.37 bits per heavy atom. The lowest BCUT2D eigenvalue weighted by atomic mass is 10.2. The number of likely N-dealkylation sites (N-methyl/N-ethyl adjacent to an activating group) is 1. The van der Waals surface area contributed by atoms with Gasteiger partial charge in [-0.1, -0.05) is 21.1 Å². The van der Waals surface area contributed by atoms with Crippen LogP contribution >= 0.6 is 15.9 Å². The smallest absolute Gasteiger partial charge is 0.264 e. The maximum absolute atomic E-state index is 5.56. The van der Waals surface area contributed by atoms with Gasteiger partial charge in [-0.2, -0.15) is 4.98 Å². The quantitative estimate of drug-likeness (QED) is 0.884. The van der Waals surface area contributed by atoms with Crippen LogP contribution in [-0.4, -0.2) is 23.2 Å². The third-order valence-corrected chi connectivity index (χ3v) is 3.20. The van der Waals surface area contributed by atoms with Gasteiger partial charge in [-0.25, -0.2) is 0 Å². The molecule has 6 heteroatoms. The minimum atomic E-state index is 0.280. The van der Waals surface area contributed by atoms with Gasteiger partial charge in [0.2, 0.25) is 0 Å². The Balaban J connectivity index is 1.88. The molecule has 0 aliphatic carbocycles. The number of hydrogen-bond acceptors (Lipinski definition) is 5. The Kier molecular flexibility index (Phi) is 4.93. The van der Waals surface area contributed by atoms with Crippen molar-refractivity contribution in [2.24, 2.45) is 0 Å². The second kappa shape index (κ2) is 6.68. The maximum Gasteiger partial charge on any atom is 0.264 e. The average molecular weight is 326 g/mol. The zero-order valence-corrected chi connectivity index (χ0v) is 12.5. The molecule has 1 aromatic carbocycles. The fourth-order valence-electron chi connectivity index (χ4n) is 1.48. The van der Waals surface area contributed by atoms with Crippen molar-refractivity contribution in [1.29, 1.82) is 0 Å². The second-order valence-corrected chi connectivity index (χ2v) is 5.16.